The molecule has 2 aromatic heterocycles. The molecular weight excluding hydrogens is 320 g/mol. The van der Waals surface area contributed by atoms with E-state index < -0.39 is 0 Å². The van der Waals surface area contributed by atoms with Gasteiger partial charge in [-0.2, -0.15) is 0 Å². The van der Waals surface area contributed by atoms with Gasteiger partial charge in [0.1, 0.15) is 5.76 Å². The molecule has 1 saturated carbocycles. The van der Waals surface area contributed by atoms with Crippen LogP contribution in [-0.2, 0) is 6.54 Å². The number of amides is 1. The Labute approximate surface area is 147 Å². The molecule has 3 heterocycles. The number of carbonyl (C=O) groups is 1. The third kappa shape index (κ3) is 3.03. The third-order valence-electron chi connectivity index (χ3n) is 5.63. The third-order valence-corrected chi connectivity index (χ3v) is 6.49. The highest BCUT2D eigenvalue weighted by atomic mass is 32.1. The topological polar surface area (TPSA) is 36.7 Å². The van der Waals surface area contributed by atoms with Gasteiger partial charge in [-0.25, -0.2) is 0 Å². The minimum atomic E-state index is 0.215. The summed E-state index contributed by atoms with van der Waals surface area (Å²) < 4.78 is 5.51. The Kier molecular flexibility index (Phi) is 4.46. The molecule has 24 heavy (non-hydrogen) atoms. The smallest absolute Gasteiger partial charge is 0.263 e. The van der Waals surface area contributed by atoms with Crippen molar-refractivity contribution in [3.05, 3.63) is 46.5 Å². The first kappa shape index (κ1) is 15.9. The molecular formula is C19H24N2O2S. The first-order chi connectivity index (χ1) is 11.7. The Morgan fingerprint density at radius 3 is 3.00 bits per heavy atom. The molecule has 0 aromatic carbocycles. The second-order valence-corrected chi connectivity index (χ2v) is 8.05. The zero-order valence-electron chi connectivity index (χ0n) is 14.1. The fourth-order valence-corrected chi connectivity index (χ4v) is 5.17. The van der Waals surface area contributed by atoms with Crippen molar-refractivity contribution in [1.29, 1.82) is 0 Å². The average Bonchev–Trinajstić information content (AvgIpc) is 3.33. The van der Waals surface area contributed by atoms with Gasteiger partial charge in [0.2, 0.25) is 0 Å². The molecule has 0 radical (unpaired) electrons. The summed E-state index contributed by atoms with van der Waals surface area (Å²) in [5.41, 5.74) is 0. The normalized spacial score (nSPS) is 26.8. The Morgan fingerprint density at radius 1 is 1.33 bits per heavy atom. The molecule has 0 bridgehead atoms. The van der Waals surface area contributed by atoms with Crippen LogP contribution in [0, 0.1) is 11.8 Å². The SMILES string of the molecule is CN(Cc1ccco1)C1CCC[C@@H]2CN(C(=O)c3cccs3)C[C@H]12. The summed E-state index contributed by atoms with van der Waals surface area (Å²) in [7, 11) is 2.19. The Bertz CT molecular complexity index is 668. The summed E-state index contributed by atoms with van der Waals surface area (Å²) in [6.07, 6.45) is 5.47. The summed E-state index contributed by atoms with van der Waals surface area (Å²) in [4.78, 5) is 18.1. The van der Waals surface area contributed by atoms with Gasteiger partial charge in [-0.05, 0) is 55.3 Å². The lowest BCUT2D eigenvalue weighted by atomic mass is 9.77. The molecule has 1 saturated heterocycles. The zero-order valence-corrected chi connectivity index (χ0v) is 14.9. The highest BCUT2D eigenvalue weighted by Crippen LogP contribution is 2.39. The van der Waals surface area contributed by atoms with Crippen LogP contribution in [0.4, 0.5) is 0 Å². The van der Waals surface area contributed by atoms with Gasteiger partial charge >= 0.3 is 0 Å². The minimum Gasteiger partial charge on any atom is -0.468 e. The van der Waals surface area contributed by atoms with Crippen LogP contribution in [-0.4, -0.2) is 41.9 Å². The molecule has 4 rings (SSSR count). The quantitative estimate of drug-likeness (QED) is 0.848. The minimum absolute atomic E-state index is 0.215. The zero-order chi connectivity index (χ0) is 16.5. The predicted octanol–water partition coefficient (Wildman–Crippen LogP) is 3.71. The Morgan fingerprint density at radius 2 is 2.25 bits per heavy atom. The molecule has 4 nitrogen and oxygen atoms in total. The van der Waals surface area contributed by atoms with Crippen molar-refractivity contribution < 1.29 is 9.21 Å². The predicted molar refractivity (Wildman–Crippen MR) is 95.0 cm³/mol. The van der Waals surface area contributed by atoms with E-state index in [1.807, 2.05) is 29.6 Å². The van der Waals surface area contributed by atoms with E-state index in [9.17, 15) is 4.79 Å². The van der Waals surface area contributed by atoms with Gasteiger partial charge in [0.25, 0.3) is 5.91 Å². The van der Waals surface area contributed by atoms with Gasteiger partial charge in [-0.3, -0.25) is 9.69 Å². The van der Waals surface area contributed by atoms with Crippen molar-refractivity contribution in [2.45, 2.75) is 31.8 Å². The van der Waals surface area contributed by atoms with Crippen molar-refractivity contribution in [2.75, 3.05) is 20.1 Å². The molecule has 2 fully saturated rings. The monoisotopic (exact) mass is 344 g/mol. The lowest BCUT2D eigenvalue weighted by molar-refractivity contribution is 0.0771. The first-order valence-electron chi connectivity index (χ1n) is 8.78. The lowest BCUT2D eigenvalue weighted by Gasteiger charge is -2.38. The number of rotatable bonds is 4. The number of hydrogen-bond acceptors (Lipinski definition) is 4. The molecule has 0 spiro atoms. The second-order valence-electron chi connectivity index (χ2n) is 7.10. The second kappa shape index (κ2) is 6.73. The summed E-state index contributed by atoms with van der Waals surface area (Å²) in [6, 6.07) is 8.42. The van der Waals surface area contributed by atoms with Gasteiger partial charge in [-0.1, -0.05) is 12.5 Å². The van der Waals surface area contributed by atoms with E-state index in [0.29, 0.717) is 17.9 Å². The highest BCUT2D eigenvalue weighted by molar-refractivity contribution is 7.12. The van der Waals surface area contributed by atoms with Crippen LogP contribution in [0.3, 0.4) is 0 Å². The van der Waals surface area contributed by atoms with E-state index in [2.05, 4.69) is 16.8 Å². The van der Waals surface area contributed by atoms with Crippen molar-refractivity contribution >= 4 is 17.2 Å². The standard InChI is InChI=1S/C19H24N2O2S/c1-20(12-15-6-3-9-23-15)17-7-2-5-14-11-21(13-16(14)17)19(22)18-8-4-10-24-18/h3-4,6,8-10,14,16-17H,2,5,7,11-13H2,1H3/t14-,16+,17?/m1/s1. The molecule has 128 valence electrons. The molecule has 1 aliphatic heterocycles. The van der Waals surface area contributed by atoms with Crippen LogP contribution in [0.25, 0.3) is 0 Å². The largest absolute Gasteiger partial charge is 0.468 e. The van der Waals surface area contributed by atoms with Gasteiger partial charge in [-0.15, -0.1) is 11.3 Å². The van der Waals surface area contributed by atoms with E-state index in [4.69, 9.17) is 4.42 Å². The molecule has 3 atom stereocenters. The van der Waals surface area contributed by atoms with Crippen LogP contribution in [0.1, 0.15) is 34.7 Å². The van der Waals surface area contributed by atoms with E-state index >= 15 is 0 Å². The maximum atomic E-state index is 12.7. The number of likely N-dealkylation sites (tertiary alicyclic amines) is 1. The van der Waals surface area contributed by atoms with Gasteiger partial charge in [0.15, 0.2) is 0 Å². The van der Waals surface area contributed by atoms with Crippen LogP contribution in [0.15, 0.2) is 40.3 Å². The number of fused-ring (bicyclic) bond motifs is 1. The van der Waals surface area contributed by atoms with Crippen LogP contribution < -0.4 is 0 Å². The lowest BCUT2D eigenvalue weighted by Crippen LogP contribution is -2.43. The Balaban J connectivity index is 1.45. The molecule has 1 unspecified atom stereocenters. The van der Waals surface area contributed by atoms with Crippen LogP contribution in [0.5, 0.6) is 0 Å². The number of carbonyl (C=O) groups excluding carboxylic acids is 1. The molecule has 2 aliphatic rings. The highest BCUT2D eigenvalue weighted by Gasteiger charge is 2.43. The number of hydrogen-bond donors (Lipinski definition) is 0. The maximum absolute atomic E-state index is 12.7. The molecule has 1 aliphatic carbocycles. The van der Waals surface area contributed by atoms with E-state index in [0.717, 1.165) is 30.3 Å². The summed E-state index contributed by atoms with van der Waals surface area (Å²) in [5.74, 6) is 2.46. The summed E-state index contributed by atoms with van der Waals surface area (Å²) in [5, 5.41) is 1.98. The number of nitrogens with zero attached hydrogens (tertiary/aromatic N) is 2. The molecule has 0 N–H and O–H groups in total. The molecule has 2 aromatic rings. The van der Waals surface area contributed by atoms with Crippen molar-refractivity contribution in [2.24, 2.45) is 11.8 Å². The van der Waals surface area contributed by atoms with Crippen LogP contribution >= 0.6 is 11.3 Å². The van der Waals surface area contributed by atoms with Gasteiger partial charge < -0.3 is 9.32 Å². The van der Waals surface area contributed by atoms with E-state index in [1.54, 1.807) is 17.6 Å². The molecule has 5 heteroatoms. The fourth-order valence-electron chi connectivity index (χ4n) is 4.48. The van der Waals surface area contributed by atoms with Crippen LogP contribution in [0.2, 0.25) is 0 Å². The van der Waals surface area contributed by atoms with Crippen molar-refractivity contribution in [1.82, 2.24) is 9.80 Å². The summed E-state index contributed by atoms with van der Waals surface area (Å²) >= 11 is 1.55. The maximum Gasteiger partial charge on any atom is 0.263 e. The fraction of sp³-hybridized carbons (Fsp3) is 0.526. The number of thiophene rings is 1. The Hall–Kier alpha value is -1.59. The molecule has 1 amide bonds. The van der Waals surface area contributed by atoms with Crippen molar-refractivity contribution in [3.8, 4) is 0 Å². The van der Waals surface area contributed by atoms with E-state index in [1.165, 1.54) is 19.3 Å². The summed E-state index contributed by atoms with van der Waals surface area (Å²) in [6.45, 7) is 2.67. The van der Waals surface area contributed by atoms with Gasteiger partial charge in [0.05, 0.1) is 17.7 Å². The first-order valence-corrected chi connectivity index (χ1v) is 9.66. The van der Waals surface area contributed by atoms with Gasteiger partial charge in [0, 0.05) is 19.1 Å². The number of furan rings is 1. The van der Waals surface area contributed by atoms with Crippen molar-refractivity contribution in [3.63, 3.8) is 0 Å². The van der Waals surface area contributed by atoms with E-state index in [-0.39, 0.29) is 5.91 Å². The average molecular weight is 344 g/mol.